The van der Waals surface area contributed by atoms with Crippen LogP contribution < -0.4 is 16.0 Å². The Labute approximate surface area is 113 Å². The van der Waals surface area contributed by atoms with Crippen LogP contribution in [0.5, 0.6) is 0 Å². The second kappa shape index (κ2) is 6.96. The third-order valence-electron chi connectivity index (χ3n) is 2.43. The molecule has 1 amide bonds. The lowest BCUT2D eigenvalue weighted by atomic mass is 10.2. The molecule has 0 radical (unpaired) electrons. The first-order chi connectivity index (χ1) is 8.51. The number of thiocarbonyl (C=S) groups is 1. The van der Waals surface area contributed by atoms with Crippen molar-refractivity contribution in [3.05, 3.63) is 24.3 Å². The zero-order valence-electron chi connectivity index (χ0n) is 10.9. The van der Waals surface area contributed by atoms with Crippen LogP contribution >= 0.6 is 12.2 Å². The van der Waals surface area contributed by atoms with E-state index in [0.717, 1.165) is 17.8 Å². The van der Waals surface area contributed by atoms with Crippen molar-refractivity contribution >= 4 is 34.6 Å². The highest BCUT2D eigenvalue weighted by Gasteiger charge is 2.03. The number of carbonyl (C=O) groups is 1. The minimum absolute atomic E-state index is 0.0903. The minimum Gasteiger partial charge on any atom is -0.360 e. The van der Waals surface area contributed by atoms with Gasteiger partial charge in [0.15, 0.2) is 5.11 Å². The molecule has 0 aliphatic carbocycles. The number of carbonyl (C=O) groups excluding carboxylic acids is 1. The first kappa shape index (κ1) is 14.4. The van der Waals surface area contributed by atoms with E-state index in [9.17, 15) is 4.79 Å². The molecule has 1 rings (SSSR count). The molecule has 0 spiro atoms. The number of amides is 1. The second-order valence-corrected chi connectivity index (χ2v) is 4.58. The van der Waals surface area contributed by atoms with Crippen LogP contribution in [0.4, 0.5) is 11.4 Å². The van der Waals surface area contributed by atoms with E-state index in [1.807, 2.05) is 24.3 Å². The molecular formula is C13H19N3OS. The Hall–Kier alpha value is -1.62. The summed E-state index contributed by atoms with van der Waals surface area (Å²) in [6.07, 6.45) is 1.01. The fourth-order valence-electron chi connectivity index (χ4n) is 1.37. The molecule has 1 unspecified atom stereocenters. The highest BCUT2D eigenvalue weighted by atomic mass is 32.1. The van der Waals surface area contributed by atoms with Crippen molar-refractivity contribution in [2.75, 3.05) is 10.6 Å². The van der Waals surface area contributed by atoms with Gasteiger partial charge in [-0.25, -0.2) is 0 Å². The lowest BCUT2D eigenvalue weighted by Gasteiger charge is -2.15. The van der Waals surface area contributed by atoms with E-state index >= 15 is 0 Å². The van der Waals surface area contributed by atoms with Gasteiger partial charge in [0, 0.05) is 24.3 Å². The van der Waals surface area contributed by atoms with Gasteiger partial charge in [0.1, 0.15) is 0 Å². The summed E-state index contributed by atoms with van der Waals surface area (Å²) in [6.45, 7) is 5.65. The zero-order chi connectivity index (χ0) is 13.5. The molecule has 0 fully saturated rings. The fraction of sp³-hybridized carbons (Fsp3) is 0.385. The van der Waals surface area contributed by atoms with Crippen LogP contribution in [0.3, 0.4) is 0 Å². The SMILES string of the molecule is CCC(C)NC(=S)Nc1cccc(NC(C)=O)c1. The van der Waals surface area contributed by atoms with Crippen LogP contribution in [0.15, 0.2) is 24.3 Å². The summed E-state index contributed by atoms with van der Waals surface area (Å²) in [4.78, 5) is 11.0. The van der Waals surface area contributed by atoms with Gasteiger partial charge in [0.05, 0.1) is 0 Å². The van der Waals surface area contributed by atoms with Gasteiger partial charge in [-0.3, -0.25) is 4.79 Å². The van der Waals surface area contributed by atoms with Crippen molar-refractivity contribution in [2.45, 2.75) is 33.2 Å². The highest BCUT2D eigenvalue weighted by Crippen LogP contribution is 2.14. The maximum atomic E-state index is 11.0. The predicted molar refractivity (Wildman–Crippen MR) is 79.9 cm³/mol. The highest BCUT2D eigenvalue weighted by molar-refractivity contribution is 7.80. The molecule has 0 aliphatic rings. The molecule has 0 saturated carbocycles. The summed E-state index contributed by atoms with van der Waals surface area (Å²) in [5.41, 5.74) is 1.60. The number of benzene rings is 1. The van der Waals surface area contributed by atoms with Gasteiger partial charge >= 0.3 is 0 Å². The van der Waals surface area contributed by atoms with Crippen LogP contribution in [0.2, 0.25) is 0 Å². The Kier molecular flexibility index (Phi) is 5.58. The van der Waals surface area contributed by atoms with E-state index in [1.54, 1.807) is 0 Å². The Morgan fingerprint density at radius 2 is 1.94 bits per heavy atom. The number of hydrogen-bond acceptors (Lipinski definition) is 2. The molecule has 3 N–H and O–H groups in total. The summed E-state index contributed by atoms with van der Waals surface area (Å²) in [5.74, 6) is -0.0903. The fourth-order valence-corrected chi connectivity index (χ4v) is 1.69. The maximum absolute atomic E-state index is 11.0. The molecule has 5 heteroatoms. The average Bonchev–Trinajstić information content (AvgIpc) is 2.28. The van der Waals surface area contributed by atoms with E-state index in [0.29, 0.717) is 11.2 Å². The molecule has 0 aromatic heterocycles. The number of nitrogens with one attached hydrogen (secondary N) is 3. The van der Waals surface area contributed by atoms with Crippen molar-refractivity contribution < 1.29 is 4.79 Å². The Bertz CT molecular complexity index is 434. The van der Waals surface area contributed by atoms with E-state index in [-0.39, 0.29) is 5.91 Å². The molecule has 0 bridgehead atoms. The van der Waals surface area contributed by atoms with Gasteiger partial charge in [0.2, 0.25) is 5.91 Å². The van der Waals surface area contributed by atoms with Gasteiger partial charge in [-0.15, -0.1) is 0 Å². The van der Waals surface area contributed by atoms with Crippen molar-refractivity contribution in [3.8, 4) is 0 Å². The summed E-state index contributed by atoms with van der Waals surface area (Å²) >= 11 is 5.20. The third-order valence-corrected chi connectivity index (χ3v) is 2.65. The maximum Gasteiger partial charge on any atom is 0.221 e. The van der Waals surface area contributed by atoms with E-state index in [1.165, 1.54) is 6.92 Å². The lowest BCUT2D eigenvalue weighted by Crippen LogP contribution is -2.35. The van der Waals surface area contributed by atoms with Gasteiger partial charge in [-0.2, -0.15) is 0 Å². The molecule has 4 nitrogen and oxygen atoms in total. The first-order valence-corrected chi connectivity index (χ1v) is 6.37. The monoisotopic (exact) mass is 265 g/mol. The van der Waals surface area contributed by atoms with Crippen LogP contribution in [0.1, 0.15) is 27.2 Å². The van der Waals surface area contributed by atoms with Gasteiger partial charge in [0.25, 0.3) is 0 Å². The summed E-state index contributed by atoms with van der Waals surface area (Å²) < 4.78 is 0. The Balaban J connectivity index is 2.61. The summed E-state index contributed by atoms with van der Waals surface area (Å²) in [6, 6.07) is 7.77. The quantitative estimate of drug-likeness (QED) is 0.733. The molecule has 1 atom stereocenters. The van der Waals surface area contributed by atoms with Crippen molar-refractivity contribution in [3.63, 3.8) is 0 Å². The van der Waals surface area contributed by atoms with Gasteiger partial charge in [-0.05, 0) is 43.8 Å². The van der Waals surface area contributed by atoms with Crippen LogP contribution in [0.25, 0.3) is 0 Å². The van der Waals surface area contributed by atoms with Gasteiger partial charge in [-0.1, -0.05) is 13.0 Å². The van der Waals surface area contributed by atoms with Crippen LogP contribution in [0, 0.1) is 0 Å². The van der Waals surface area contributed by atoms with Gasteiger partial charge < -0.3 is 16.0 Å². The summed E-state index contributed by atoms with van der Waals surface area (Å²) in [7, 11) is 0. The van der Waals surface area contributed by atoms with Crippen molar-refractivity contribution in [2.24, 2.45) is 0 Å². The Morgan fingerprint density at radius 3 is 2.50 bits per heavy atom. The van der Waals surface area contributed by atoms with Crippen LogP contribution in [-0.4, -0.2) is 17.1 Å². The molecule has 18 heavy (non-hydrogen) atoms. The molecule has 1 aromatic carbocycles. The Morgan fingerprint density at radius 1 is 1.33 bits per heavy atom. The van der Waals surface area contributed by atoms with Crippen molar-refractivity contribution in [1.29, 1.82) is 0 Å². The molecule has 0 saturated heterocycles. The predicted octanol–water partition coefficient (Wildman–Crippen LogP) is 2.73. The molecule has 98 valence electrons. The third kappa shape index (κ3) is 5.14. The standard InChI is InChI=1S/C13H19N3OS/c1-4-9(2)14-13(18)16-12-7-5-6-11(8-12)15-10(3)17/h5-9H,4H2,1-3H3,(H,15,17)(H2,14,16,18). The molecule has 0 aliphatic heterocycles. The first-order valence-electron chi connectivity index (χ1n) is 5.96. The molecular weight excluding hydrogens is 246 g/mol. The number of rotatable bonds is 4. The van der Waals surface area contributed by atoms with E-state index < -0.39 is 0 Å². The average molecular weight is 265 g/mol. The van der Waals surface area contributed by atoms with E-state index in [2.05, 4.69) is 29.8 Å². The van der Waals surface area contributed by atoms with E-state index in [4.69, 9.17) is 12.2 Å². The minimum atomic E-state index is -0.0903. The number of anilines is 2. The molecule has 0 heterocycles. The smallest absolute Gasteiger partial charge is 0.221 e. The lowest BCUT2D eigenvalue weighted by molar-refractivity contribution is -0.114. The topological polar surface area (TPSA) is 53.2 Å². The van der Waals surface area contributed by atoms with Crippen molar-refractivity contribution in [1.82, 2.24) is 5.32 Å². The largest absolute Gasteiger partial charge is 0.360 e. The second-order valence-electron chi connectivity index (χ2n) is 4.17. The van der Waals surface area contributed by atoms with Crippen LogP contribution in [-0.2, 0) is 4.79 Å². The normalized spacial score (nSPS) is 11.5. The number of hydrogen-bond donors (Lipinski definition) is 3. The zero-order valence-corrected chi connectivity index (χ0v) is 11.7. The molecule has 1 aromatic rings. The summed E-state index contributed by atoms with van der Waals surface area (Å²) in [5, 5.41) is 9.58.